The van der Waals surface area contributed by atoms with Crippen molar-refractivity contribution in [3.8, 4) is 0 Å². The minimum absolute atomic E-state index is 0.0883. The van der Waals surface area contributed by atoms with Crippen molar-refractivity contribution >= 4 is 23.0 Å². The maximum absolute atomic E-state index is 13.1. The summed E-state index contributed by atoms with van der Waals surface area (Å²) in [7, 11) is 0. The molecule has 2 heterocycles. The van der Waals surface area contributed by atoms with Crippen molar-refractivity contribution in [1.82, 2.24) is 15.0 Å². The number of nitrogens with one attached hydrogen (secondary N) is 2. The monoisotopic (exact) mass is 360 g/mol. The van der Waals surface area contributed by atoms with E-state index in [0.29, 0.717) is 12.4 Å². The number of pyridine rings is 1. The number of aromatic nitrogens is 3. The van der Waals surface area contributed by atoms with Crippen LogP contribution in [0.2, 0.25) is 0 Å². The predicted molar refractivity (Wildman–Crippen MR) is 92.7 cm³/mol. The fourth-order valence-electron chi connectivity index (χ4n) is 2.29. The molecule has 134 valence electrons. The van der Waals surface area contributed by atoms with E-state index in [1.807, 2.05) is 6.07 Å². The Bertz CT molecular complexity index is 883. The van der Waals surface area contributed by atoms with Crippen LogP contribution in [0.25, 0.3) is 0 Å². The molecule has 3 rings (SSSR count). The zero-order chi connectivity index (χ0) is 18.6. The molecular formula is C17H15F3N6. The van der Waals surface area contributed by atoms with Crippen molar-refractivity contribution in [1.29, 1.82) is 0 Å². The Morgan fingerprint density at radius 2 is 1.77 bits per heavy atom. The van der Waals surface area contributed by atoms with E-state index in [-0.39, 0.29) is 17.2 Å². The van der Waals surface area contributed by atoms with Gasteiger partial charge in [-0.25, -0.2) is 9.97 Å². The zero-order valence-corrected chi connectivity index (χ0v) is 13.5. The van der Waals surface area contributed by atoms with Crippen molar-refractivity contribution in [2.45, 2.75) is 12.7 Å². The first-order chi connectivity index (χ1) is 12.4. The van der Waals surface area contributed by atoms with Crippen molar-refractivity contribution < 1.29 is 13.2 Å². The maximum atomic E-state index is 13.1. The Morgan fingerprint density at radius 1 is 1.00 bits per heavy atom. The van der Waals surface area contributed by atoms with Crippen LogP contribution < -0.4 is 16.4 Å². The van der Waals surface area contributed by atoms with Gasteiger partial charge in [-0.3, -0.25) is 4.98 Å². The Labute approximate surface area is 147 Å². The number of rotatable bonds is 5. The lowest BCUT2D eigenvalue weighted by molar-refractivity contribution is -0.136. The van der Waals surface area contributed by atoms with Crippen LogP contribution in [-0.2, 0) is 12.7 Å². The molecule has 0 fully saturated rings. The molecule has 3 aromatic rings. The van der Waals surface area contributed by atoms with Crippen LogP contribution in [0.15, 0.2) is 55.1 Å². The third-order valence-corrected chi connectivity index (χ3v) is 3.55. The minimum atomic E-state index is -4.49. The number of nitrogens with two attached hydrogens (primary N) is 1. The van der Waals surface area contributed by atoms with Gasteiger partial charge >= 0.3 is 6.18 Å². The number of halogens is 3. The average Bonchev–Trinajstić information content (AvgIpc) is 2.63. The Morgan fingerprint density at radius 3 is 2.50 bits per heavy atom. The van der Waals surface area contributed by atoms with Crippen LogP contribution in [-0.4, -0.2) is 15.0 Å². The van der Waals surface area contributed by atoms with Crippen molar-refractivity contribution in [3.05, 3.63) is 66.2 Å². The Balaban J connectivity index is 1.82. The normalized spacial score (nSPS) is 11.2. The standard InChI is InChI=1S/C17H15F3N6/c18-17(19,20)12-5-1-2-6-13(12)26-16-14(21)15(24-10-25-16)23-9-11-4-3-7-22-8-11/h1-8,10H,9,21H2,(H2,23,24,25,26). The van der Waals surface area contributed by atoms with E-state index in [4.69, 9.17) is 5.73 Å². The van der Waals surface area contributed by atoms with Crippen LogP contribution in [0.1, 0.15) is 11.1 Å². The number of nitrogen functional groups attached to an aromatic ring is 1. The zero-order valence-electron chi connectivity index (χ0n) is 13.5. The first-order valence-electron chi connectivity index (χ1n) is 7.61. The van der Waals surface area contributed by atoms with Crippen molar-refractivity contribution in [2.24, 2.45) is 0 Å². The number of para-hydroxylation sites is 1. The summed E-state index contributed by atoms with van der Waals surface area (Å²) in [6.45, 7) is 0.410. The highest BCUT2D eigenvalue weighted by atomic mass is 19.4. The molecular weight excluding hydrogens is 345 g/mol. The molecule has 0 aliphatic rings. The molecule has 6 nitrogen and oxygen atoms in total. The highest BCUT2D eigenvalue weighted by Gasteiger charge is 2.33. The van der Waals surface area contributed by atoms with E-state index < -0.39 is 11.7 Å². The predicted octanol–water partition coefficient (Wildman–Crippen LogP) is 3.83. The second-order valence-corrected chi connectivity index (χ2v) is 5.37. The van der Waals surface area contributed by atoms with Gasteiger partial charge in [-0.2, -0.15) is 13.2 Å². The van der Waals surface area contributed by atoms with Gasteiger partial charge in [0.1, 0.15) is 12.0 Å². The molecule has 0 saturated carbocycles. The second-order valence-electron chi connectivity index (χ2n) is 5.37. The number of hydrogen-bond acceptors (Lipinski definition) is 6. The summed E-state index contributed by atoms with van der Waals surface area (Å²) in [5.41, 5.74) is 6.09. The van der Waals surface area contributed by atoms with E-state index in [0.717, 1.165) is 11.6 Å². The van der Waals surface area contributed by atoms with Crippen LogP contribution in [0.5, 0.6) is 0 Å². The minimum Gasteiger partial charge on any atom is -0.393 e. The lowest BCUT2D eigenvalue weighted by Gasteiger charge is -2.16. The first-order valence-corrected chi connectivity index (χ1v) is 7.61. The van der Waals surface area contributed by atoms with Gasteiger partial charge in [-0.05, 0) is 23.8 Å². The van der Waals surface area contributed by atoms with Gasteiger partial charge in [0.15, 0.2) is 11.6 Å². The molecule has 0 bridgehead atoms. The number of alkyl halides is 3. The molecule has 1 aromatic carbocycles. The van der Waals surface area contributed by atoms with Crippen molar-refractivity contribution in [3.63, 3.8) is 0 Å². The fourth-order valence-corrected chi connectivity index (χ4v) is 2.29. The largest absolute Gasteiger partial charge is 0.418 e. The van der Waals surface area contributed by atoms with E-state index in [1.165, 1.54) is 24.5 Å². The molecule has 9 heteroatoms. The van der Waals surface area contributed by atoms with E-state index >= 15 is 0 Å². The highest BCUT2D eigenvalue weighted by Crippen LogP contribution is 2.36. The molecule has 0 aliphatic heterocycles. The SMILES string of the molecule is Nc1c(NCc2cccnc2)ncnc1Nc1ccccc1C(F)(F)F. The molecule has 0 radical (unpaired) electrons. The molecule has 0 amide bonds. The van der Waals surface area contributed by atoms with Gasteiger partial charge in [-0.1, -0.05) is 18.2 Å². The number of anilines is 4. The summed E-state index contributed by atoms with van der Waals surface area (Å²) >= 11 is 0. The lowest BCUT2D eigenvalue weighted by Crippen LogP contribution is -2.11. The van der Waals surface area contributed by atoms with E-state index in [9.17, 15) is 13.2 Å². The second kappa shape index (κ2) is 7.26. The molecule has 0 spiro atoms. The highest BCUT2D eigenvalue weighted by molar-refractivity contribution is 5.78. The van der Waals surface area contributed by atoms with Crippen LogP contribution >= 0.6 is 0 Å². The summed E-state index contributed by atoms with van der Waals surface area (Å²) in [5.74, 6) is 0.404. The number of nitrogens with zero attached hydrogens (tertiary/aromatic N) is 3. The van der Waals surface area contributed by atoms with Gasteiger partial charge in [0.05, 0.1) is 11.3 Å². The molecule has 0 saturated heterocycles. The Hall–Kier alpha value is -3.36. The smallest absolute Gasteiger partial charge is 0.393 e. The number of hydrogen-bond donors (Lipinski definition) is 3. The summed E-state index contributed by atoms with van der Waals surface area (Å²) in [6, 6.07) is 8.78. The molecule has 26 heavy (non-hydrogen) atoms. The van der Waals surface area contributed by atoms with Gasteiger partial charge in [0.2, 0.25) is 0 Å². The summed E-state index contributed by atoms with van der Waals surface area (Å²) in [5, 5.41) is 5.66. The molecule has 0 atom stereocenters. The van der Waals surface area contributed by atoms with Crippen LogP contribution in [0, 0.1) is 0 Å². The third-order valence-electron chi connectivity index (χ3n) is 3.55. The average molecular weight is 360 g/mol. The fraction of sp³-hybridized carbons (Fsp3) is 0.118. The van der Waals surface area contributed by atoms with Crippen molar-refractivity contribution in [2.75, 3.05) is 16.4 Å². The van der Waals surface area contributed by atoms with Gasteiger partial charge < -0.3 is 16.4 Å². The molecule has 4 N–H and O–H groups in total. The lowest BCUT2D eigenvalue weighted by atomic mass is 10.1. The molecule has 0 aliphatic carbocycles. The van der Waals surface area contributed by atoms with Gasteiger partial charge in [0, 0.05) is 18.9 Å². The third kappa shape index (κ3) is 4.00. The maximum Gasteiger partial charge on any atom is 0.418 e. The van der Waals surface area contributed by atoms with Gasteiger partial charge in [0.25, 0.3) is 0 Å². The first kappa shape index (κ1) is 17.5. The summed E-state index contributed by atoms with van der Waals surface area (Å²) < 4.78 is 39.4. The molecule has 0 unspecified atom stereocenters. The Kier molecular flexibility index (Phi) is 4.87. The topological polar surface area (TPSA) is 88.8 Å². The summed E-state index contributed by atoms with van der Waals surface area (Å²) in [4.78, 5) is 12.0. The molecule has 2 aromatic heterocycles. The van der Waals surface area contributed by atoms with Gasteiger partial charge in [-0.15, -0.1) is 0 Å². The van der Waals surface area contributed by atoms with Crippen LogP contribution in [0.3, 0.4) is 0 Å². The number of benzene rings is 1. The van der Waals surface area contributed by atoms with Crippen LogP contribution in [0.4, 0.5) is 36.2 Å². The van der Waals surface area contributed by atoms with E-state index in [2.05, 4.69) is 25.6 Å². The van der Waals surface area contributed by atoms with E-state index in [1.54, 1.807) is 18.5 Å². The quantitative estimate of drug-likeness (QED) is 0.641. The summed E-state index contributed by atoms with van der Waals surface area (Å²) in [6.07, 6.45) is 0.0685.